The summed E-state index contributed by atoms with van der Waals surface area (Å²) in [5.41, 5.74) is 0. The van der Waals surface area contributed by atoms with Gasteiger partial charge in [-0.3, -0.25) is 0 Å². The van der Waals surface area contributed by atoms with Crippen molar-refractivity contribution >= 4 is 20.1 Å². The maximum Gasteiger partial charge on any atom is 0.242 e. The van der Waals surface area contributed by atoms with Gasteiger partial charge in [0.2, 0.25) is 24.8 Å². The third kappa shape index (κ3) is 17.1. The second kappa shape index (κ2) is 9.96. The number of hydrogen-bond acceptors (Lipinski definition) is 6. The molecule has 0 spiro atoms. The van der Waals surface area contributed by atoms with Crippen LogP contribution in [0.5, 0.6) is 0 Å². The summed E-state index contributed by atoms with van der Waals surface area (Å²) < 4.78 is 57.5. The molecule has 0 aliphatic carbocycles. The van der Waals surface area contributed by atoms with Gasteiger partial charge in [0.1, 0.15) is 0 Å². The Morgan fingerprint density at radius 1 is 0.591 bits per heavy atom. The standard InChI is InChI=1S/C10H10N2.2ClH.2Cr.6O/c1-3-7-11(8-4-1)12-9-5-2-6-10-12;;;;;;;;;;/h1-10H;2*1H;;;;;;;;/q+2;;;2*+1;;;;;2*-1/p-2. The number of aromatic nitrogens is 2. The summed E-state index contributed by atoms with van der Waals surface area (Å²) in [7, 11) is 8.04. The summed E-state index contributed by atoms with van der Waals surface area (Å²) in [5, 5.41) is 0. The first kappa shape index (κ1) is 21.1. The van der Waals surface area contributed by atoms with E-state index in [9.17, 15) is 0 Å². The average molecular weight is 429 g/mol. The Morgan fingerprint density at radius 2 is 0.773 bits per heavy atom. The zero-order chi connectivity index (χ0) is 17.2. The molecule has 0 atom stereocenters. The predicted octanol–water partition coefficient (Wildman–Crippen LogP) is -0.906. The molecule has 0 aromatic carbocycles. The van der Waals surface area contributed by atoms with Crippen molar-refractivity contribution in [3.05, 3.63) is 61.2 Å². The van der Waals surface area contributed by atoms with Gasteiger partial charge in [-0.25, -0.2) is 0 Å². The van der Waals surface area contributed by atoms with Crippen LogP contribution in [0.1, 0.15) is 0 Å². The van der Waals surface area contributed by atoms with Gasteiger partial charge in [-0.1, -0.05) is 0 Å². The molecule has 122 valence electrons. The summed E-state index contributed by atoms with van der Waals surface area (Å²) in [6, 6.07) is 12.0. The number of halogens is 2. The van der Waals surface area contributed by atoms with Crippen molar-refractivity contribution in [2.45, 2.75) is 0 Å². The molecular weight excluding hydrogens is 419 g/mol. The second-order valence-electron chi connectivity index (χ2n) is 3.30. The van der Waals surface area contributed by atoms with Gasteiger partial charge < -0.3 is 0 Å². The van der Waals surface area contributed by atoms with Crippen LogP contribution < -0.4 is 17.7 Å². The molecule has 8 nitrogen and oxygen atoms in total. The van der Waals surface area contributed by atoms with Crippen LogP contribution in [-0.2, 0) is 39.9 Å². The van der Waals surface area contributed by atoms with Crippen molar-refractivity contribution in [1.82, 2.24) is 0 Å². The Hall–Kier alpha value is -0.935. The topological polar surface area (TPSA) is 122 Å². The van der Waals surface area contributed by atoms with Crippen molar-refractivity contribution in [2.24, 2.45) is 0 Å². The molecule has 0 N–H and O–H groups in total. The average Bonchev–Trinajstić information content (AvgIpc) is 2.37. The maximum atomic E-state index is 8.91. The van der Waals surface area contributed by atoms with Crippen LogP contribution in [0, 0.1) is 0 Å². The van der Waals surface area contributed by atoms with Crippen LogP contribution in [0.25, 0.3) is 0 Å². The van der Waals surface area contributed by atoms with Crippen molar-refractivity contribution in [3.63, 3.8) is 0 Å². The SMILES string of the molecule is [O]=[Cr](=[O])([O-])[Cl].[O]=[Cr](=[O])([O-])[Cl].c1cc[n+](-[n+]2ccccc2)cc1. The number of rotatable bonds is 1. The van der Waals surface area contributed by atoms with Crippen LogP contribution in [0.3, 0.4) is 0 Å². The van der Waals surface area contributed by atoms with Crippen molar-refractivity contribution in [3.8, 4) is 0 Å². The summed E-state index contributed by atoms with van der Waals surface area (Å²) in [6.45, 7) is 0. The minimum absolute atomic E-state index is 2.00. The third-order valence-corrected chi connectivity index (χ3v) is 1.67. The van der Waals surface area contributed by atoms with Crippen molar-refractivity contribution < 1.29 is 57.6 Å². The molecule has 2 heterocycles. The van der Waals surface area contributed by atoms with Crippen molar-refractivity contribution in [1.29, 1.82) is 0 Å². The van der Waals surface area contributed by atoms with E-state index in [4.69, 9.17) is 23.5 Å². The second-order valence-corrected chi connectivity index (χ2v) is 8.87. The van der Waals surface area contributed by atoms with E-state index in [0.29, 0.717) is 0 Å². The van der Waals surface area contributed by atoms with Crippen LogP contribution >= 0.6 is 20.1 Å². The predicted molar refractivity (Wildman–Crippen MR) is 58.5 cm³/mol. The molecule has 22 heavy (non-hydrogen) atoms. The molecule has 0 aliphatic heterocycles. The normalized spacial score (nSPS) is 10.5. The van der Waals surface area contributed by atoms with E-state index in [2.05, 4.69) is 20.1 Å². The third-order valence-electron chi connectivity index (χ3n) is 1.67. The summed E-state index contributed by atoms with van der Waals surface area (Å²) in [5.74, 6) is 0. The van der Waals surface area contributed by atoms with Gasteiger partial charge in [-0.15, -0.1) is 0 Å². The monoisotopic (exact) mass is 428 g/mol. The summed E-state index contributed by atoms with van der Waals surface area (Å²) in [4.78, 5) is 0. The molecule has 2 aromatic heterocycles. The molecule has 0 fully saturated rings. The Balaban J connectivity index is 0.000000372. The first-order valence-corrected chi connectivity index (χ1v) is 11.8. The molecular formula is C10H10Cl2Cr2N2O6. The van der Waals surface area contributed by atoms with Crippen LogP contribution in [0.4, 0.5) is 0 Å². The molecule has 2 aromatic rings. The fourth-order valence-corrected chi connectivity index (χ4v) is 1.09. The minimum Gasteiger partial charge on any atom is -0.0499 e. The first-order chi connectivity index (χ1) is 9.97. The zero-order valence-electron chi connectivity index (χ0n) is 10.7. The molecule has 0 amide bonds. The molecule has 0 bridgehead atoms. The fourth-order valence-electron chi connectivity index (χ4n) is 1.09. The van der Waals surface area contributed by atoms with Gasteiger partial charge in [0.25, 0.3) is 0 Å². The molecule has 2 rings (SSSR count). The van der Waals surface area contributed by atoms with E-state index >= 15 is 0 Å². The Morgan fingerprint density at radius 3 is 0.955 bits per heavy atom. The Bertz CT molecular complexity index is 671. The number of nitrogens with zero attached hydrogens (tertiary/aromatic N) is 2. The van der Waals surface area contributed by atoms with E-state index in [-0.39, 0.29) is 0 Å². The molecule has 0 saturated heterocycles. The van der Waals surface area contributed by atoms with E-state index in [1.807, 2.05) is 70.5 Å². The summed E-state index contributed by atoms with van der Waals surface area (Å²) in [6.07, 6.45) is 8.00. The Labute approximate surface area is 138 Å². The zero-order valence-corrected chi connectivity index (χ0v) is 14.8. The minimum atomic E-state index is -5.03. The van der Waals surface area contributed by atoms with E-state index in [1.165, 1.54) is 0 Å². The quantitative estimate of drug-likeness (QED) is 0.542. The molecule has 0 radical (unpaired) electrons. The van der Waals surface area contributed by atoms with Gasteiger partial charge in [0.05, 0.1) is 9.35 Å². The van der Waals surface area contributed by atoms with Gasteiger partial charge in [0.15, 0.2) is 0 Å². The Kier molecular flexibility index (Phi) is 9.53. The molecule has 12 heteroatoms. The molecule has 0 unspecified atom stereocenters. The van der Waals surface area contributed by atoms with Gasteiger partial charge in [-0.05, 0) is 12.1 Å². The maximum absolute atomic E-state index is 8.91. The van der Waals surface area contributed by atoms with E-state index < -0.39 is 24.7 Å². The van der Waals surface area contributed by atoms with Gasteiger partial charge in [-0.2, -0.15) is 0 Å². The number of pyridine rings is 2. The van der Waals surface area contributed by atoms with Crippen molar-refractivity contribution in [2.75, 3.05) is 0 Å². The van der Waals surface area contributed by atoms with E-state index in [0.717, 1.165) is 0 Å². The van der Waals surface area contributed by atoms with Gasteiger partial charge >= 0.3 is 68.3 Å². The van der Waals surface area contributed by atoms with Gasteiger partial charge in [0, 0.05) is 24.3 Å². The van der Waals surface area contributed by atoms with E-state index in [1.54, 1.807) is 0 Å². The van der Waals surface area contributed by atoms with Crippen LogP contribution in [0.15, 0.2) is 61.2 Å². The van der Waals surface area contributed by atoms with Crippen LogP contribution in [-0.4, -0.2) is 0 Å². The first-order valence-electron chi connectivity index (χ1n) is 5.21. The largest absolute Gasteiger partial charge is 0.242 e. The fraction of sp³-hybridized carbons (Fsp3) is 0. The van der Waals surface area contributed by atoms with Crippen LogP contribution in [0.2, 0.25) is 0 Å². The summed E-state index contributed by atoms with van der Waals surface area (Å²) >= 11 is -10.1. The molecule has 0 saturated carbocycles. The molecule has 0 aliphatic rings. The number of hydrogen-bond donors (Lipinski definition) is 0. The smallest absolute Gasteiger partial charge is 0.0499 e.